The molecule has 5 aromatic rings. The molecule has 8 nitrogen and oxygen atoms in total. The summed E-state index contributed by atoms with van der Waals surface area (Å²) in [5, 5.41) is 1.43. The van der Waals surface area contributed by atoms with Gasteiger partial charge in [-0.2, -0.15) is 0 Å². The highest BCUT2D eigenvalue weighted by molar-refractivity contribution is 8.01. The average Bonchev–Trinajstić information content (AvgIpc) is 3.42. The van der Waals surface area contributed by atoms with E-state index in [9.17, 15) is 0 Å². The molecule has 0 radical (unpaired) electrons. The fraction of sp³-hybridized carbons (Fsp3) is 0.250. The summed E-state index contributed by atoms with van der Waals surface area (Å²) < 4.78 is 15.4. The summed E-state index contributed by atoms with van der Waals surface area (Å²) in [7, 11) is 0. The number of rotatable bonds is 9. The van der Waals surface area contributed by atoms with E-state index in [0.717, 1.165) is 36.8 Å². The number of hydrogen-bond donors (Lipinski definition) is 1. The standard InChI is InChI=1S/C24H23ClN6O2S2/c1-3-32-15-8-9-18(33-4-2)14(12-15)10-11-31-22-19(21(26)27-13-28-22)30-23(31)35-24-29-17-7-5-6-16(25)20(17)34-24/h5-9,12-13H,3-4,10-11H2,1-2H3,(H2,26,27,28). The predicted octanol–water partition coefficient (Wildman–Crippen LogP) is 5.86. The van der Waals surface area contributed by atoms with Crippen LogP contribution in [0.1, 0.15) is 19.4 Å². The van der Waals surface area contributed by atoms with Gasteiger partial charge in [0.15, 0.2) is 26.5 Å². The number of nitrogen functional groups attached to an aromatic ring is 1. The van der Waals surface area contributed by atoms with Crippen molar-refractivity contribution >= 4 is 61.9 Å². The number of ether oxygens (including phenoxy) is 2. The van der Waals surface area contributed by atoms with Crippen LogP contribution in [0.25, 0.3) is 21.4 Å². The van der Waals surface area contributed by atoms with E-state index in [2.05, 4.69) is 14.5 Å². The lowest BCUT2D eigenvalue weighted by molar-refractivity contribution is 0.327. The normalized spacial score (nSPS) is 11.4. The molecule has 3 heterocycles. The van der Waals surface area contributed by atoms with Crippen LogP contribution in [0.4, 0.5) is 5.82 Å². The molecule has 2 N–H and O–H groups in total. The van der Waals surface area contributed by atoms with Crippen LogP contribution >= 0.6 is 34.7 Å². The van der Waals surface area contributed by atoms with Crippen molar-refractivity contribution in [2.24, 2.45) is 0 Å². The summed E-state index contributed by atoms with van der Waals surface area (Å²) >= 11 is 9.37. The highest BCUT2D eigenvalue weighted by Gasteiger charge is 2.19. The maximum atomic E-state index is 6.37. The van der Waals surface area contributed by atoms with Crippen LogP contribution in [0.15, 0.2) is 52.2 Å². The zero-order chi connectivity index (χ0) is 24.4. The monoisotopic (exact) mass is 526 g/mol. The van der Waals surface area contributed by atoms with Gasteiger partial charge in [-0.05, 0) is 67.9 Å². The van der Waals surface area contributed by atoms with E-state index in [1.54, 1.807) is 0 Å². The van der Waals surface area contributed by atoms with E-state index < -0.39 is 0 Å². The second kappa shape index (κ2) is 10.3. The smallest absolute Gasteiger partial charge is 0.177 e. The Kier molecular flexibility index (Phi) is 6.94. The molecule has 0 saturated heterocycles. The van der Waals surface area contributed by atoms with E-state index in [1.165, 1.54) is 29.4 Å². The fourth-order valence-electron chi connectivity index (χ4n) is 3.77. The van der Waals surface area contributed by atoms with E-state index in [0.29, 0.717) is 48.2 Å². The van der Waals surface area contributed by atoms with E-state index in [1.807, 2.05) is 50.2 Å². The zero-order valence-electron chi connectivity index (χ0n) is 19.2. The van der Waals surface area contributed by atoms with Crippen molar-refractivity contribution in [2.45, 2.75) is 36.3 Å². The van der Waals surface area contributed by atoms with Gasteiger partial charge < -0.3 is 19.8 Å². The molecule has 0 saturated carbocycles. The van der Waals surface area contributed by atoms with Crippen molar-refractivity contribution in [2.75, 3.05) is 18.9 Å². The first-order valence-electron chi connectivity index (χ1n) is 11.2. The van der Waals surface area contributed by atoms with E-state index >= 15 is 0 Å². The third-order valence-corrected chi connectivity index (χ3v) is 7.89. The van der Waals surface area contributed by atoms with Crippen molar-refractivity contribution in [3.05, 3.63) is 53.3 Å². The third-order valence-electron chi connectivity index (χ3n) is 5.30. The quantitative estimate of drug-likeness (QED) is 0.255. The number of halogens is 1. The Balaban J connectivity index is 1.51. The molecule has 0 aliphatic rings. The van der Waals surface area contributed by atoms with Gasteiger partial charge in [-0.3, -0.25) is 0 Å². The van der Waals surface area contributed by atoms with Crippen molar-refractivity contribution < 1.29 is 9.47 Å². The highest BCUT2D eigenvalue weighted by atomic mass is 35.5. The molecule has 0 amide bonds. The molecule has 0 spiro atoms. The number of thiazole rings is 1. The van der Waals surface area contributed by atoms with Gasteiger partial charge in [0, 0.05) is 6.54 Å². The number of benzene rings is 2. The van der Waals surface area contributed by atoms with Gasteiger partial charge in [0.2, 0.25) is 0 Å². The Bertz CT molecular complexity index is 1500. The third kappa shape index (κ3) is 4.86. The summed E-state index contributed by atoms with van der Waals surface area (Å²) in [6.45, 7) is 5.73. The lowest BCUT2D eigenvalue weighted by Gasteiger charge is -2.14. The molecule has 2 aromatic carbocycles. The Morgan fingerprint density at radius 1 is 1.09 bits per heavy atom. The van der Waals surface area contributed by atoms with Crippen molar-refractivity contribution in [3.63, 3.8) is 0 Å². The van der Waals surface area contributed by atoms with Gasteiger partial charge in [0.25, 0.3) is 0 Å². The van der Waals surface area contributed by atoms with Crippen LogP contribution in [-0.4, -0.2) is 37.7 Å². The largest absolute Gasteiger partial charge is 0.494 e. The lowest BCUT2D eigenvalue weighted by Crippen LogP contribution is -2.06. The SMILES string of the molecule is CCOc1ccc(OCC)c(CCn2c(Sc3nc4cccc(Cl)c4s3)nc3c(N)ncnc32)c1. The molecule has 0 unspecified atom stereocenters. The van der Waals surface area contributed by atoms with Crippen LogP contribution in [0, 0.1) is 0 Å². The Morgan fingerprint density at radius 3 is 2.74 bits per heavy atom. The van der Waals surface area contributed by atoms with Gasteiger partial charge in [-0.25, -0.2) is 19.9 Å². The first-order valence-corrected chi connectivity index (χ1v) is 13.2. The molecule has 11 heteroatoms. The van der Waals surface area contributed by atoms with Crippen LogP contribution in [0.3, 0.4) is 0 Å². The Morgan fingerprint density at radius 2 is 1.94 bits per heavy atom. The molecule has 0 aliphatic heterocycles. The van der Waals surface area contributed by atoms with E-state index in [4.69, 9.17) is 36.8 Å². The molecule has 35 heavy (non-hydrogen) atoms. The molecule has 0 atom stereocenters. The molecule has 5 rings (SSSR count). The summed E-state index contributed by atoms with van der Waals surface area (Å²) in [6, 6.07) is 11.6. The molecule has 180 valence electrons. The number of imidazole rings is 1. The Labute approximate surface area is 215 Å². The topological polar surface area (TPSA) is 101 Å². The molecular weight excluding hydrogens is 504 g/mol. The molecule has 0 bridgehead atoms. The number of nitrogens with zero attached hydrogens (tertiary/aromatic N) is 5. The van der Waals surface area contributed by atoms with Crippen LogP contribution in [0.5, 0.6) is 11.5 Å². The number of nitrogens with two attached hydrogens (primary N) is 1. The van der Waals surface area contributed by atoms with Crippen molar-refractivity contribution in [3.8, 4) is 11.5 Å². The zero-order valence-corrected chi connectivity index (χ0v) is 21.6. The Hall–Kier alpha value is -3.08. The van der Waals surface area contributed by atoms with Gasteiger partial charge in [-0.15, -0.1) is 11.3 Å². The van der Waals surface area contributed by atoms with E-state index in [-0.39, 0.29) is 0 Å². The lowest BCUT2D eigenvalue weighted by atomic mass is 10.1. The fourth-order valence-corrected chi connectivity index (χ4v) is 6.12. The van der Waals surface area contributed by atoms with Crippen LogP contribution < -0.4 is 15.2 Å². The molecule has 0 aliphatic carbocycles. The maximum absolute atomic E-state index is 6.37. The number of aromatic nitrogens is 5. The minimum Gasteiger partial charge on any atom is -0.494 e. The summed E-state index contributed by atoms with van der Waals surface area (Å²) in [4.78, 5) is 18.1. The van der Waals surface area contributed by atoms with Crippen molar-refractivity contribution in [1.82, 2.24) is 24.5 Å². The first kappa shape index (κ1) is 23.7. The minimum atomic E-state index is 0.344. The molecular formula is C24H23ClN6O2S2. The summed E-state index contributed by atoms with van der Waals surface area (Å²) in [5.74, 6) is 2.00. The predicted molar refractivity (Wildman–Crippen MR) is 141 cm³/mol. The van der Waals surface area contributed by atoms with Gasteiger partial charge >= 0.3 is 0 Å². The van der Waals surface area contributed by atoms with Crippen LogP contribution in [0.2, 0.25) is 5.02 Å². The molecule has 0 fully saturated rings. The minimum absolute atomic E-state index is 0.344. The van der Waals surface area contributed by atoms with Gasteiger partial charge in [0.05, 0.1) is 28.5 Å². The van der Waals surface area contributed by atoms with Crippen molar-refractivity contribution in [1.29, 1.82) is 0 Å². The maximum Gasteiger partial charge on any atom is 0.177 e. The average molecular weight is 527 g/mol. The number of aryl methyl sites for hydroxylation is 2. The van der Waals surface area contributed by atoms with Gasteiger partial charge in [0.1, 0.15) is 17.8 Å². The summed E-state index contributed by atoms with van der Waals surface area (Å²) in [5.41, 5.74) is 9.29. The number of fused-ring (bicyclic) bond motifs is 2. The molecule has 3 aromatic heterocycles. The number of hydrogen-bond acceptors (Lipinski definition) is 9. The second-order valence-corrected chi connectivity index (χ2v) is 10.2. The second-order valence-electron chi connectivity index (χ2n) is 7.53. The number of anilines is 1. The first-order chi connectivity index (χ1) is 17.1. The van der Waals surface area contributed by atoms with Gasteiger partial charge in [-0.1, -0.05) is 17.7 Å². The highest BCUT2D eigenvalue weighted by Crippen LogP contribution is 2.38. The summed E-state index contributed by atoms with van der Waals surface area (Å²) in [6.07, 6.45) is 2.15. The van der Waals surface area contributed by atoms with Crippen LogP contribution in [-0.2, 0) is 13.0 Å².